The van der Waals surface area contributed by atoms with Gasteiger partial charge in [-0.05, 0) is 0 Å². The molecule has 0 spiro atoms. The monoisotopic (exact) mass is 306 g/mol. The lowest BCUT2D eigenvalue weighted by atomic mass is 10.0. The normalized spacial score (nSPS) is 11.4. The van der Waals surface area contributed by atoms with Crippen LogP contribution in [-0.4, -0.2) is 21.9 Å². The maximum Gasteiger partial charge on any atom is 0.185 e. The SMILES string of the molecule is O=C(C/C(=N\O)c1cc(-c2ccccc2)no1)c1ccccc1. The van der Waals surface area contributed by atoms with Gasteiger partial charge in [-0.3, -0.25) is 4.79 Å². The van der Waals surface area contributed by atoms with Crippen molar-refractivity contribution in [3.63, 3.8) is 0 Å². The van der Waals surface area contributed by atoms with E-state index in [2.05, 4.69) is 10.3 Å². The second kappa shape index (κ2) is 6.70. The Bertz CT molecular complexity index is 824. The van der Waals surface area contributed by atoms with Crippen LogP contribution in [0.1, 0.15) is 22.5 Å². The zero-order chi connectivity index (χ0) is 16.1. The number of hydrogen-bond donors (Lipinski definition) is 1. The predicted molar refractivity (Wildman–Crippen MR) is 85.7 cm³/mol. The highest BCUT2D eigenvalue weighted by Crippen LogP contribution is 2.20. The van der Waals surface area contributed by atoms with Gasteiger partial charge in [0.05, 0.1) is 6.42 Å². The van der Waals surface area contributed by atoms with E-state index in [9.17, 15) is 10.0 Å². The summed E-state index contributed by atoms with van der Waals surface area (Å²) < 4.78 is 5.22. The average molecular weight is 306 g/mol. The lowest BCUT2D eigenvalue weighted by Gasteiger charge is -2.00. The molecule has 0 saturated carbocycles. The first kappa shape index (κ1) is 14.7. The molecular formula is C18H14N2O3. The van der Waals surface area contributed by atoms with Crippen molar-refractivity contribution in [3.8, 4) is 11.3 Å². The number of rotatable bonds is 5. The molecule has 0 atom stereocenters. The van der Waals surface area contributed by atoms with Crippen LogP contribution in [0.2, 0.25) is 0 Å². The van der Waals surface area contributed by atoms with Crippen LogP contribution in [-0.2, 0) is 0 Å². The molecule has 0 unspecified atom stereocenters. The molecule has 3 aromatic rings. The first-order valence-electron chi connectivity index (χ1n) is 7.09. The van der Waals surface area contributed by atoms with Gasteiger partial charge in [0.1, 0.15) is 11.4 Å². The van der Waals surface area contributed by atoms with Gasteiger partial charge in [0.15, 0.2) is 11.5 Å². The van der Waals surface area contributed by atoms with Crippen LogP contribution >= 0.6 is 0 Å². The van der Waals surface area contributed by atoms with E-state index < -0.39 is 0 Å². The maximum atomic E-state index is 12.2. The second-order valence-electron chi connectivity index (χ2n) is 4.96. The van der Waals surface area contributed by atoms with E-state index in [1.807, 2.05) is 36.4 Å². The van der Waals surface area contributed by atoms with Gasteiger partial charge in [0.25, 0.3) is 0 Å². The Morgan fingerprint density at radius 1 is 1.04 bits per heavy atom. The molecule has 0 radical (unpaired) electrons. The van der Waals surface area contributed by atoms with Crippen LogP contribution < -0.4 is 0 Å². The molecule has 3 rings (SSSR count). The quantitative estimate of drug-likeness (QED) is 0.337. The molecule has 0 fully saturated rings. The largest absolute Gasteiger partial charge is 0.411 e. The lowest BCUT2D eigenvalue weighted by Crippen LogP contribution is -2.09. The highest BCUT2D eigenvalue weighted by Gasteiger charge is 2.17. The molecule has 0 aliphatic carbocycles. The summed E-state index contributed by atoms with van der Waals surface area (Å²) in [6, 6.07) is 20.0. The van der Waals surface area contributed by atoms with Crippen LogP contribution in [0, 0.1) is 0 Å². The minimum Gasteiger partial charge on any atom is -0.411 e. The molecule has 5 nitrogen and oxygen atoms in total. The van der Waals surface area contributed by atoms with Gasteiger partial charge in [-0.15, -0.1) is 0 Å². The molecule has 5 heteroatoms. The molecule has 23 heavy (non-hydrogen) atoms. The predicted octanol–water partition coefficient (Wildman–Crippen LogP) is 3.79. The Hall–Kier alpha value is -3.21. The molecule has 0 saturated heterocycles. The number of nitrogens with zero attached hydrogens (tertiary/aromatic N) is 2. The summed E-state index contributed by atoms with van der Waals surface area (Å²) in [5.74, 6) is 0.117. The van der Waals surface area contributed by atoms with Crippen molar-refractivity contribution in [2.24, 2.45) is 5.16 Å². The molecule has 1 aromatic heterocycles. The van der Waals surface area contributed by atoms with E-state index in [-0.39, 0.29) is 23.7 Å². The molecule has 114 valence electrons. The van der Waals surface area contributed by atoms with E-state index in [0.717, 1.165) is 5.56 Å². The summed E-state index contributed by atoms with van der Waals surface area (Å²) in [6.07, 6.45) is -0.0655. The summed E-state index contributed by atoms with van der Waals surface area (Å²) in [6.45, 7) is 0. The maximum absolute atomic E-state index is 12.2. The first-order chi connectivity index (χ1) is 11.3. The van der Waals surface area contributed by atoms with Crippen LogP contribution in [0.5, 0.6) is 0 Å². The lowest BCUT2D eigenvalue weighted by molar-refractivity contribution is 0.0999. The third-order valence-electron chi connectivity index (χ3n) is 3.41. The van der Waals surface area contributed by atoms with Gasteiger partial charge >= 0.3 is 0 Å². The standard InChI is InChI=1S/C18H14N2O3/c21-17(14-9-5-2-6-10-14)11-16(19-22)18-12-15(20-23-18)13-7-3-1-4-8-13/h1-10,12,22H,11H2/b19-16+. The number of ketones is 1. The molecule has 0 aliphatic heterocycles. The summed E-state index contributed by atoms with van der Waals surface area (Å²) in [5, 5.41) is 16.4. The average Bonchev–Trinajstić information content (AvgIpc) is 3.11. The van der Waals surface area contributed by atoms with Crippen molar-refractivity contribution in [1.29, 1.82) is 0 Å². The summed E-state index contributed by atoms with van der Waals surface area (Å²) >= 11 is 0. The summed E-state index contributed by atoms with van der Waals surface area (Å²) in [5.41, 5.74) is 2.20. The number of carbonyl (C=O) groups is 1. The smallest absolute Gasteiger partial charge is 0.185 e. The van der Waals surface area contributed by atoms with Gasteiger partial charge in [-0.2, -0.15) is 0 Å². The van der Waals surface area contributed by atoms with Crippen LogP contribution in [0.25, 0.3) is 11.3 Å². The Morgan fingerprint density at radius 3 is 2.35 bits per heavy atom. The van der Waals surface area contributed by atoms with E-state index in [1.54, 1.807) is 30.3 Å². The minimum atomic E-state index is -0.156. The topological polar surface area (TPSA) is 75.7 Å². The number of benzene rings is 2. The number of aromatic nitrogens is 1. The fourth-order valence-electron chi connectivity index (χ4n) is 2.21. The van der Waals surface area contributed by atoms with Crippen molar-refractivity contribution >= 4 is 11.5 Å². The molecule has 2 aromatic carbocycles. The van der Waals surface area contributed by atoms with Gasteiger partial charge in [-0.25, -0.2) is 0 Å². The number of carbonyl (C=O) groups excluding carboxylic acids is 1. The fourth-order valence-corrected chi connectivity index (χ4v) is 2.21. The second-order valence-corrected chi connectivity index (χ2v) is 4.96. The molecule has 1 heterocycles. The van der Waals surface area contributed by atoms with Crippen LogP contribution in [0.15, 0.2) is 76.4 Å². The molecular weight excluding hydrogens is 292 g/mol. The van der Waals surface area contributed by atoms with Gasteiger partial charge in [0.2, 0.25) is 0 Å². The van der Waals surface area contributed by atoms with Gasteiger partial charge in [-0.1, -0.05) is 71.0 Å². The highest BCUT2D eigenvalue weighted by molar-refractivity contribution is 6.14. The van der Waals surface area contributed by atoms with E-state index in [4.69, 9.17) is 4.52 Å². The minimum absolute atomic E-state index is 0.0655. The fraction of sp³-hybridized carbons (Fsp3) is 0.0556. The Morgan fingerprint density at radius 2 is 1.70 bits per heavy atom. The highest BCUT2D eigenvalue weighted by atomic mass is 16.5. The number of Topliss-reactive ketones (excluding diaryl/α,β-unsaturated/α-hetero) is 1. The van der Waals surface area contributed by atoms with Crippen molar-refractivity contribution in [2.75, 3.05) is 0 Å². The molecule has 1 N–H and O–H groups in total. The van der Waals surface area contributed by atoms with Crippen molar-refractivity contribution < 1.29 is 14.5 Å². The Balaban J connectivity index is 1.80. The zero-order valence-electron chi connectivity index (χ0n) is 12.2. The number of oxime groups is 1. The third kappa shape index (κ3) is 3.35. The number of hydrogen-bond acceptors (Lipinski definition) is 5. The molecule has 0 amide bonds. The summed E-state index contributed by atoms with van der Waals surface area (Å²) in [7, 11) is 0. The Kier molecular flexibility index (Phi) is 4.29. The van der Waals surface area contributed by atoms with Crippen molar-refractivity contribution in [1.82, 2.24) is 5.16 Å². The van der Waals surface area contributed by atoms with Crippen molar-refractivity contribution in [2.45, 2.75) is 6.42 Å². The Labute approximate surface area is 132 Å². The first-order valence-corrected chi connectivity index (χ1v) is 7.09. The van der Waals surface area contributed by atoms with Crippen LogP contribution in [0.4, 0.5) is 0 Å². The van der Waals surface area contributed by atoms with Gasteiger partial charge < -0.3 is 9.73 Å². The van der Waals surface area contributed by atoms with Crippen molar-refractivity contribution in [3.05, 3.63) is 78.1 Å². The van der Waals surface area contributed by atoms with Crippen LogP contribution in [0.3, 0.4) is 0 Å². The zero-order valence-corrected chi connectivity index (χ0v) is 12.2. The van der Waals surface area contributed by atoms with Gasteiger partial charge in [0, 0.05) is 17.2 Å². The van der Waals surface area contributed by atoms with E-state index >= 15 is 0 Å². The molecule has 0 aliphatic rings. The van der Waals surface area contributed by atoms with E-state index in [1.165, 1.54) is 0 Å². The summed E-state index contributed by atoms with van der Waals surface area (Å²) in [4.78, 5) is 12.2. The van der Waals surface area contributed by atoms with E-state index in [0.29, 0.717) is 11.3 Å². The third-order valence-corrected chi connectivity index (χ3v) is 3.41. The molecule has 0 bridgehead atoms.